The summed E-state index contributed by atoms with van der Waals surface area (Å²) < 4.78 is 13.2. The van der Waals surface area contributed by atoms with E-state index in [0.29, 0.717) is 15.6 Å². The van der Waals surface area contributed by atoms with E-state index >= 15 is 0 Å². The van der Waals surface area contributed by atoms with Gasteiger partial charge in [0.1, 0.15) is 6.67 Å². The lowest BCUT2D eigenvalue weighted by molar-refractivity contribution is 0.0987. The average Bonchev–Trinajstić information content (AvgIpc) is 2.17. The number of carbonyl (C=O) groups excluding carboxylic acids is 1. The molecule has 0 aliphatic carbocycles. The first-order valence-corrected chi connectivity index (χ1v) is 5.46. The Hall–Kier alpha value is -0.410. The van der Waals surface area contributed by atoms with Crippen molar-refractivity contribution in [3.63, 3.8) is 0 Å². The summed E-state index contributed by atoms with van der Waals surface area (Å²) in [5, 5.41) is 0. The summed E-state index contributed by atoms with van der Waals surface area (Å²) in [6.07, 6.45) is 0.233. The molecule has 0 spiro atoms. The Balaban J connectivity index is 3.10. The van der Waals surface area contributed by atoms with E-state index in [9.17, 15) is 9.18 Å². The first-order valence-electron chi connectivity index (χ1n) is 4.13. The van der Waals surface area contributed by atoms with Crippen molar-refractivity contribution < 1.29 is 9.18 Å². The Morgan fingerprint density at radius 1 is 1.50 bits per heavy atom. The Bertz CT molecular complexity index is 341. The van der Waals surface area contributed by atoms with Gasteiger partial charge >= 0.3 is 0 Å². The largest absolute Gasteiger partial charge is 0.294 e. The van der Waals surface area contributed by atoms with Gasteiger partial charge in [-0.1, -0.05) is 28.1 Å². The topological polar surface area (TPSA) is 17.1 Å². The third-order valence-corrected chi connectivity index (χ3v) is 2.69. The fraction of sp³-hybridized carbons (Fsp3) is 0.300. The second-order valence-electron chi connectivity index (χ2n) is 2.77. The van der Waals surface area contributed by atoms with Crippen molar-refractivity contribution in [1.29, 1.82) is 0 Å². The summed E-state index contributed by atoms with van der Waals surface area (Å²) in [5.74, 6) is 0.131. The fourth-order valence-corrected chi connectivity index (χ4v) is 2.00. The van der Waals surface area contributed by atoms with Gasteiger partial charge in [-0.3, -0.25) is 4.79 Å². The number of halogens is 3. The van der Waals surface area contributed by atoms with Crippen molar-refractivity contribution in [2.75, 3.05) is 5.88 Å². The minimum atomic E-state index is -0.636. The van der Waals surface area contributed by atoms with Crippen LogP contribution in [0, 0.1) is 0 Å². The normalized spacial score (nSPS) is 10.2. The van der Waals surface area contributed by atoms with E-state index in [2.05, 4.69) is 15.9 Å². The first-order chi connectivity index (χ1) is 6.70. The number of hydrogen-bond donors (Lipinski definition) is 0. The van der Waals surface area contributed by atoms with Crippen LogP contribution in [-0.2, 0) is 6.67 Å². The molecular weight excluding hydrogens is 270 g/mol. The van der Waals surface area contributed by atoms with Gasteiger partial charge in [-0.05, 0) is 11.6 Å². The van der Waals surface area contributed by atoms with Crippen LogP contribution in [0.1, 0.15) is 22.3 Å². The van der Waals surface area contributed by atoms with Gasteiger partial charge in [0.25, 0.3) is 0 Å². The Morgan fingerprint density at radius 3 is 2.79 bits per heavy atom. The number of hydrogen-bond acceptors (Lipinski definition) is 1. The maximum Gasteiger partial charge on any atom is 0.165 e. The molecule has 0 aromatic heterocycles. The number of carbonyl (C=O) groups is 1. The zero-order valence-corrected chi connectivity index (χ0v) is 9.74. The van der Waals surface area contributed by atoms with Crippen LogP contribution in [0.4, 0.5) is 4.39 Å². The second-order valence-corrected chi connectivity index (χ2v) is 4.00. The molecule has 0 amide bonds. The van der Waals surface area contributed by atoms with Crippen molar-refractivity contribution in [3.8, 4) is 0 Å². The molecule has 0 fully saturated rings. The quantitative estimate of drug-likeness (QED) is 0.606. The van der Waals surface area contributed by atoms with E-state index in [1.807, 2.05) is 0 Å². The molecule has 4 heteroatoms. The first kappa shape index (κ1) is 11.7. The Kier molecular flexibility index (Phi) is 4.55. The van der Waals surface area contributed by atoms with Crippen LogP contribution in [0.3, 0.4) is 0 Å². The highest BCUT2D eigenvalue weighted by Gasteiger charge is 2.13. The number of benzene rings is 1. The van der Waals surface area contributed by atoms with E-state index in [4.69, 9.17) is 11.6 Å². The van der Waals surface area contributed by atoms with Crippen LogP contribution in [0.5, 0.6) is 0 Å². The molecule has 0 bridgehead atoms. The Morgan fingerprint density at radius 2 is 2.21 bits per heavy atom. The summed E-state index contributed by atoms with van der Waals surface area (Å²) in [5.41, 5.74) is 0.824. The fourth-order valence-electron chi connectivity index (χ4n) is 1.20. The van der Waals surface area contributed by atoms with Crippen LogP contribution in [0.15, 0.2) is 22.7 Å². The molecule has 1 nitrogen and oxygen atoms in total. The molecular formula is C10H9BrClFO. The molecule has 76 valence electrons. The summed E-state index contributed by atoms with van der Waals surface area (Å²) in [6, 6.07) is 5.03. The van der Waals surface area contributed by atoms with Gasteiger partial charge in [-0.15, -0.1) is 11.6 Å². The number of Topliss-reactive ketones (excluding diaryl/α,β-unsaturated/α-hetero) is 1. The van der Waals surface area contributed by atoms with Crippen molar-refractivity contribution in [1.82, 2.24) is 0 Å². The standard InChI is InChI=1S/C10H9BrClFO/c11-8-3-1-2-7(6-13)10(8)9(14)4-5-12/h1-3H,4-6H2. The predicted molar refractivity (Wildman–Crippen MR) is 58.6 cm³/mol. The van der Waals surface area contributed by atoms with Crippen LogP contribution in [0.25, 0.3) is 0 Å². The van der Waals surface area contributed by atoms with E-state index in [1.165, 1.54) is 0 Å². The van der Waals surface area contributed by atoms with Crippen LogP contribution < -0.4 is 0 Å². The molecule has 0 heterocycles. The van der Waals surface area contributed by atoms with Gasteiger partial charge in [-0.25, -0.2) is 4.39 Å². The molecule has 0 unspecified atom stereocenters. The summed E-state index contributed by atoms with van der Waals surface area (Å²) in [7, 11) is 0. The molecule has 0 N–H and O–H groups in total. The molecule has 1 aromatic carbocycles. The van der Waals surface area contributed by atoms with Crippen LogP contribution >= 0.6 is 27.5 Å². The zero-order valence-electron chi connectivity index (χ0n) is 7.40. The smallest absolute Gasteiger partial charge is 0.165 e. The summed E-state index contributed by atoms with van der Waals surface area (Å²) in [4.78, 5) is 11.6. The Labute approximate surface area is 95.4 Å². The van der Waals surface area contributed by atoms with E-state index in [-0.39, 0.29) is 18.1 Å². The third kappa shape index (κ3) is 2.55. The number of ketones is 1. The SMILES string of the molecule is O=C(CCCl)c1c(Br)cccc1CF. The van der Waals surface area contributed by atoms with Gasteiger partial charge in [0.15, 0.2) is 5.78 Å². The van der Waals surface area contributed by atoms with Crippen molar-refractivity contribution in [2.24, 2.45) is 0 Å². The van der Waals surface area contributed by atoms with Crippen molar-refractivity contribution in [2.45, 2.75) is 13.1 Å². The number of rotatable bonds is 4. The van der Waals surface area contributed by atoms with Crippen LogP contribution in [0.2, 0.25) is 0 Å². The lowest BCUT2D eigenvalue weighted by atomic mass is 10.0. The molecule has 0 radical (unpaired) electrons. The molecule has 0 saturated heterocycles. The predicted octanol–water partition coefficient (Wildman–Crippen LogP) is 3.73. The van der Waals surface area contributed by atoms with Gasteiger partial charge in [0.2, 0.25) is 0 Å². The lowest BCUT2D eigenvalue weighted by Gasteiger charge is -2.06. The van der Waals surface area contributed by atoms with E-state index in [1.54, 1.807) is 18.2 Å². The summed E-state index contributed by atoms with van der Waals surface area (Å²) >= 11 is 8.69. The lowest BCUT2D eigenvalue weighted by Crippen LogP contribution is -2.04. The molecule has 0 aliphatic heterocycles. The molecule has 1 rings (SSSR count). The maximum absolute atomic E-state index is 12.6. The number of alkyl halides is 2. The van der Waals surface area contributed by atoms with Gasteiger partial charge < -0.3 is 0 Å². The van der Waals surface area contributed by atoms with E-state index in [0.717, 1.165) is 0 Å². The van der Waals surface area contributed by atoms with E-state index < -0.39 is 6.67 Å². The molecule has 14 heavy (non-hydrogen) atoms. The van der Waals surface area contributed by atoms with Crippen molar-refractivity contribution in [3.05, 3.63) is 33.8 Å². The van der Waals surface area contributed by atoms with Crippen molar-refractivity contribution >= 4 is 33.3 Å². The second kappa shape index (κ2) is 5.47. The van der Waals surface area contributed by atoms with Gasteiger partial charge in [-0.2, -0.15) is 0 Å². The molecule has 0 aliphatic rings. The summed E-state index contributed by atoms with van der Waals surface area (Å²) in [6.45, 7) is -0.636. The van der Waals surface area contributed by atoms with Gasteiger partial charge in [0.05, 0.1) is 0 Å². The molecule has 0 atom stereocenters. The molecule has 1 aromatic rings. The highest BCUT2D eigenvalue weighted by Crippen LogP contribution is 2.23. The zero-order chi connectivity index (χ0) is 10.6. The van der Waals surface area contributed by atoms with Crippen LogP contribution in [-0.4, -0.2) is 11.7 Å². The highest BCUT2D eigenvalue weighted by atomic mass is 79.9. The molecule has 0 saturated carbocycles. The highest BCUT2D eigenvalue weighted by molar-refractivity contribution is 9.10. The average molecular weight is 280 g/mol. The maximum atomic E-state index is 12.6. The minimum Gasteiger partial charge on any atom is -0.294 e. The van der Waals surface area contributed by atoms with Gasteiger partial charge in [0, 0.05) is 22.3 Å². The monoisotopic (exact) mass is 278 g/mol. The third-order valence-electron chi connectivity index (χ3n) is 1.84. The minimum absolute atomic E-state index is 0.125.